The van der Waals surface area contributed by atoms with E-state index in [4.69, 9.17) is 0 Å². The highest BCUT2D eigenvalue weighted by atomic mass is 16.1. The minimum Gasteiger partial charge on any atom is -0.350 e. The number of nitrogens with one attached hydrogen (secondary N) is 1. The third-order valence-corrected chi connectivity index (χ3v) is 3.07. The Morgan fingerprint density at radius 2 is 2.06 bits per heavy atom. The van der Waals surface area contributed by atoms with E-state index in [1.807, 2.05) is 18.2 Å². The predicted octanol–water partition coefficient (Wildman–Crippen LogP) is 3.31. The van der Waals surface area contributed by atoms with Crippen molar-refractivity contribution >= 4 is 12.0 Å². The molecule has 94 valence electrons. The maximum atomic E-state index is 11.0. The minimum absolute atomic E-state index is 0.0459. The molecule has 0 aliphatic heterocycles. The monoisotopic (exact) mass is 241 g/mol. The molecular formula is C16H19NO. The molecule has 1 amide bonds. The summed E-state index contributed by atoms with van der Waals surface area (Å²) in [5.74, 6) is 0.0459. The van der Waals surface area contributed by atoms with Gasteiger partial charge in [0.25, 0.3) is 0 Å². The normalized spacial score (nSPS) is 19.6. The summed E-state index contributed by atoms with van der Waals surface area (Å²) in [4.78, 5) is 11.0. The lowest BCUT2D eigenvalue weighted by molar-refractivity contribution is -0.119. The van der Waals surface area contributed by atoms with Crippen LogP contribution in [0.15, 0.2) is 48.1 Å². The van der Waals surface area contributed by atoms with Crippen LogP contribution in [0.2, 0.25) is 0 Å². The van der Waals surface area contributed by atoms with E-state index in [1.54, 1.807) is 6.92 Å². The number of carbonyl (C=O) groups is 1. The van der Waals surface area contributed by atoms with E-state index in [0.29, 0.717) is 0 Å². The van der Waals surface area contributed by atoms with Crippen LogP contribution in [-0.2, 0) is 4.79 Å². The number of amides is 1. The summed E-state index contributed by atoms with van der Waals surface area (Å²) in [6.45, 7) is 1.57. The molecule has 0 aromatic heterocycles. The molecule has 0 unspecified atom stereocenters. The lowest BCUT2D eigenvalue weighted by Gasteiger charge is -2.20. The Labute approximate surface area is 108 Å². The van der Waals surface area contributed by atoms with Gasteiger partial charge >= 0.3 is 0 Å². The topological polar surface area (TPSA) is 29.1 Å². The highest BCUT2D eigenvalue weighted by Gasteiger charge is 2.12. The van der Waals surface area contributed by atoms with Crippen LogP contribution in [-0.4, -0.2) is 11.9 Å². The molecule has 1 atom stereocenters. The Kier molecular flexibility index (Phi) is 4.35. The van der Waals surface area contributed by atoms with Gasteiger partial charge in [0.2, 0.25) is 5.91 Å². The van der Waals surface area contributed by atoms with Gasteiger partial charge in [0.05, 0.1) is 0 Å². The van der Waals surface area contributed by atoms with Crippen LogP contribution in [0.1, 0.15) is 31.7 Å². The van der Waals surface area contributed by atoms with E-state index >= 15 is 0 Å². The molecular weight excluding hydrogens is 222 g/mol. The first-order valence-corrected chi connectivity index (χ1v) is 6.45. The molecule has 1 aliphatic carbocycles. The molecule has 1 aromatic carbocycles. The van der Waals surface area contributed by atoms with E-state index in [1.165, 1.54) is 11.1 Å². The summed E-state index contributed by atoms with van der Waals surface area (Å²) >= 11 is 0. The predicted molar refractivity (Wildman–Crippen MR) is 75.0 cm³/mol. The summed E-state index contributed by atoms with van der Waals surface area (Å²) in [5.41, 5.74) is 2.52. The second-order valence-corrected chi connectivity index (χ2v) is 4.68. The molecule has 1 aliphatic rings. The molecule has 0 radical (unpaired) electrons. The maximum absolute atomic E-state index is 11.0. The van der Waals surface area contributed by atoms with Crippen molar-refractivity contribution in [2.75, 3.05) is 0 Å². The van der Waals surface area contributed by atoms with Gasteiger partial charge in [-0.05, 0) is 30.4 Å². The summed E-state index contributed by atoms with van der Waals surface area (Å²) in [6.07, 6.45) is 9.73. The zero-order valence-electron chi connectivity index (χ0n) is 10.7. The fourth-order valence-corrected chi connectivity index (χ4v) is 2.23. The van der Waals surface area contributed by atoms with Crippen molar-refractivity contribution in [3.8, 4) is 0 Å². The lowest BCUT2D eigenvalue weighted by atomic mass is 9.95. The minimum atomic E-state index is 0.0459. The Morgan fingerprint density at radius 3 is 2.78 bits per heavy atom. The molecule has 2 heteroatoms. The molecule has 2 rings (SSSR count). The average Bonchev–Trinajstić information content (AvgIpc) is 2.37. The fourth-order valence-electron chi connectivity index (χ4n) is 2.23. The second-order valence-electron chi connectivity index (χ2n) is 4.68. The number of hydrogen-bond donors (Lipinski definition) is 1. The quantitative estimate of drug-likeness (QED) is 0.864. The zero-order chi connectivity index (χ0) is 12.8. The van der Waals surface area contributed by atoms with Crippen LogP contribution in [0, 0.1) is 0 Å². The first-order chi connectivity index (χ1) is 8.74. The lowest BCUT2D eigenvalue weighted by Crippen LogP contribution is -2.32. The third-order valence-electron chi connectivity index (χ3n) is 3.07. The van der Waals surface area contributed by atoms with Crippen LogP contribution in [0.5, 0.6) is 0 Å². The number of allylic oxidation sites excluding steroid dienone is 2. The van der Waals surface area contributed by atoms with Crippen molar-refractivity contribution in [3.05, 3.63) is 53.6 Å². The van der Waals surface area contributed by atoms with E-state index in [0.717, 1.165) is 19.3 Å². The summed E-state index contributed by atoms with van der Waals surface area (Å²) in [5, 5.41) is 2.96. The molecule has 18 heavy (non-hydrogen) atoms. The Balaban J connectivity index is 2.02. The van der Waals surface area contributed by atoms with Gasteiger partial charge in [-0.25, -0.2) is 0 Å². The number of carbonyl (C=O) groups excluding carboxylic acids is 1. The first-order valence-electron chi connectivity index (χ1n) is 6.45. The van der Waals surface area contributed by atoms with Gasteiger partial charge in [-0.1, -0.05) is 48.6 Å². The van der Waals surface area contributed by atoms with Crippen molar-refractivity contribution in [2.45, 2.75) is 32.2 Å². The number of rotatable bonds is 3. The highest BCUT2D eigenvalue weighted by Crippen LogP contribution is 2.20. The smallest absolute Gasteiger partial charge is 0.217 e. The third kappa shape index (κ3) is 3.88. The standard InChI is InChI=1S/C16H19NO/c1-13(18)17-16-9-5-8-15(12-16)11-10-14-6-3-2-4-7-14/h2-4,6-7,10-12,16H,5,8-9H2,1H3,(H,17,18)/b11-10-/t16-/m1/s1. The molecule has 1 aromatic rings. The summed E-state index contributed by atoms with van der Waals surface area (Å²) < 4.78 is 0. The molecule has 0 fully saturated rings. The molecule has 2 nitrogen and oxygen atoms in total. The van der Waals surface area contributed by atoms with E-state index in [9.17, 15) is 4.79 Å². The Bertz CT molecular complexity index is 459. The average molecular weight is 241 g/mol. The van der Waals surface area contributed by atoms with Crippen molar-refractivity contribution < 1.29 is 4.79 Å². The number of hydrogen-bond acceptors (Lipinski definition) is 1. The van der Waals surface area contributed by atoms with Gasteiger partial charge in [0, 0.05) is 13.0 Å². The summed E-state index contributed by atoms with van der Waals surface area (Å²) in [7, 11) is 0. The van der Waals surface area contributed by atoms with Gasteiger partial charge in [-0.2, -0.15) is 0 Å². The van der Waals surface area contributed by atoms with Crippen LogP contribution >= 0.6 is 0 Å². The van der Waals surface area contributed by atoms with E-state index in [-0.39, 0.29) is 11.9 Å². The largest absolute Gasteiger partial charge is 0.350 e. The van der Waals surface area contributed by atoms with Crippen LogP contribution in [0.25, 0.3) is 6.08 Å². The molecule has 0 spiro atoms. The second kappa shape index (κ2) is 6.20. The van der Waals surface area contributed by atoms with Gasteiger partial charge in [0.1, 0.15) is 0 Å². The SMILES string of the molecule is CC(=O)N[C@H]1C=C(/C=C\c2ccccc2)CCC1. The summed E-state index contributed by atoms with van der Waals surface area (Å²) in [6, 6.07) is 10.5. The molecule has 0 saturated heterocycles. The van der Waals surface area contributed by atoms with Gasteiger partial charge in [-0.15, -0.1) is 0 Å². The van der Waals surface area contributed by atoms with Crippen molar-refractivity contribution in [1.82, 2.24) is 5.32 Å². The van der Waals surface area contributed by atoms with Crippen LogP contribution < -0.4 is 5.32 Å². The Morgan fingerprint density at radius 1 is 1.28 bits per heavy atom. The molecule has 0 saturated carbocycles. The zero-order valence-corrected chi connectivity index (χ0v) is 10.7. The first kappa shape index (κ1) is 12.6. The molecule has 0 heterocycles. The van der Waals surface area contributed by atoms with Gasteiger partial charge in [-0.3, -0.25) is 4.79 Å². The van der Waals surface area contributed by atoms with Crippen molar-refractivity contribution in [3.63, 3.8) is 0 Å². The van der Waals surface area contributed by atoms with E-state index < -0.39 is 0 Å². The number of benzene rings is 1. The maximum Gasteiger partial charge on any atom is 0.217 e. The van der Waals surface area contributed by atoms with Gasteiger partial charge in [0.15, 0.2) is 0 Å². The van der Waals surface area contributed by atoms with Crippen molar-refractivity contribution in [1.29, 1.82) is 0 Å². The molecule has 1 N–H and O–H groups in total. The van der Waals surface area contributed by atoms with Crippen LogP contribution in [0.3, 0.4) is 0 Å². The van der Waals surface area contributed by atoms with E-state index in [2.05, 4.69) is 35.7 Å². The van der Waals surface area contributed by atoms with Crippen molar-refractivity contribution in [2.24, 2.45) is 0 Å². The Hall–Kier alpha value is -1.83. The van der Waals surface area contributed by atoms with Gasteiger partial charge < -0.3 is 5.32 Å². The molecule has 0 bridgehead atoms. The highest BCUT2D eigenvalue weighted by molar-refractivity contribution is 5.73. The van der Waals surface area contributed by atoms with Crippen LogP contribution in [0.4, 0.5) is 0 Å². The fraction of sp³-hybridized carbons (Fsp3) is 0.312.